The molecule has 1 amide bonds. The summed E-state index contributed by atoms with van der Waals surface area (Å²) in [5.74, 6) is -0.754. The number of rotatable bonds is 7. The highest BCUT2D eigenvalue weighted by Gasteiger charge is 2.17. The van der Waals surface area contributed by atoms with Crippen LogP contribution < -0.4 is 5.32 Å². The molecule has 6 nitrogen and oxygen atoms in total. The molecular formula is C23H22N2O4. The lowest BCUT2D eigenvalue weighted by atomic mass is 10.0. The number of nitrogens with one attached hydrogen (secondary N) is 1. The molecule has 0 fully saturated rings. The van der Waals surface area contributed by atoms with Crippen molar-refractivity contribution in [1.82, 2.24) is 10.3 Å². The fourth-order valence-electron chi connectivity index (χ4n) is 2.93. The molecule has 148 valence electrons. The first-order valence-electron chi connectivity index (χ1n) is 9.31. The van der Waals surface area contributed by atoms with E-state index in [0.717, 1.165) is 11.1 Å². The average molecular weight is 390 g/mol. The zero-order chi connectivity index (χ0) is 20.6. The Morgan fingerprint density at radius 1 is 1.00 bits per heavy atom. The Kier molecular flexibility index (Phi) is 6.71. The van der Waals surface area contributed by atoms with Crippen LogP contribution in [0.15, 0.2) is 73.1 Å². The molecule has 0 saturated carbocycles. The molecule has 2 N–H and O–H groups in total. The Bertz CT molecular complexity index is 972. The second-order valence-electron chi connectivity index (χ2n) is 6.37. The van der Waals surface area contributed by atoms with Crippen LogP contribution >= 0.6 is 0 Å². The maximum atomic E-state index is 12.6. The van der Waals surface area contributed by atoms with Crippen molar-refractivity contribution in [2.24, 2.45) is 0 Å². The van der Waals surface area contributed by atoms with Gasteiger partial charge in [0, 0.05) is 18.0 Å². The quantitative estimate of drug-likeness (QED) is 0.604. The van der Waals surface area contributed by atoms with E-state index in [-0.39, 0.29) is 19.1 Å². The van der Waals surface area contributed by atoms with Gasteiger partial charge in [0.25, 0.3) is 5.91 Å². The summed E-state index contributed by atoms with van der Waals surface area (Å²) in [5.41, 5.74) is 3.46. The molecule has 1 aromatic heterocycles. The standard InChI is InChI=1S/C23H22N2O4/c1-2-29-23(28)20-5-3-4-19(14-20)21(15-26)25-22(27)18-8-6-16(7-9-18)17-10-12-24-13-11-17/h3-14,21,26H,2,15H2,1H3,(H,25,27)/t21-/m1/s1. The number of ether oxygens (including phenoxy) is 1. The number of aromatic nitrogens is 1. The molecule has 3 aromatic rings. The summed E-state index contributed by atoms with van der Waals surface area (Å²) in [4.78, 5) is 28.6. The number of carbonyl (C=O) groups excluding carboxylic acids is 2. The van der Waals surface area contributed by atoms with Crippen LogP contribution in [0.25, 0.3) is 11.1 Å². The Morgan fingerprint density at radius 3 is 2.34 bits per heavy atom. The molecule has 0 aliphatic carbocycles. The van der Waals surface area contributed by atoms with E-state index in [2.05, 4.69) is 10.3 Å². The maximum absolute atomic E-state index is 12.6. The van der Waals surface area contributed by atoms with E-state index in [1.807, 2.05) is 24.3 Å². The molecule has 2 aromatic carbocycles. The molecule has 0 spiro atoms. The number of amides is 1. The first kappa shape index (κ1) is 20.2. The highest BCUT2D eigenvalue weighted by molar-refractivity contribution is 5.95. The molecule has 0 saturated heterocycles. The van der Waals surface area contributed by atoms with E-state index in [9.17, 15) is 14.7 Å². The van der Waals surface area contributed by atoms with Crippen molar-refractivity contribution in [1.29, 1.82) is 0 Å². The normalized spacial score (nSPS) is 11.5. The minimum atomic E-state index is -0.642. The number of carbonyl (C=O) groups is 2. The monoisotopic (exact) mass is 390 g/mol. The Balaban J connectivity index is 1.73. The summed E-state index contributed by atoms with van der Waals surface area (Å²) in [6, 6.07) is 17.0. The lowest BCUT2D eigenvalue weighted by Crippen LogP contribution is -2.30. The Morgan fingerprint density at radius 2 is 1.69 bits per heavy atom. The van der Waals surface area contributed by atoms with Gasteiger partial charge >= 0.3 is 5.97 Å². The van der Waals surface area contributed by atoms with Crippen LogP contribution in [0.5, 0.6) is 0 Å². The number of esters is 1. The largest absolute Gasteiger partial charge is 0.462 e. The maximum Gasteiger partial charge on any atom is 0.338 e. The SMILES string of the molecule is CCOC(=O)c1cccc([C@@H](CO)NC(=O)c2ccc(-c3ccncc3)cc2)c1. The summed E-state index contributed by atoms with van der Waals surface area (Å²) >= 11 is 0. The van der Waals surface area contributed by atoms with Gasteiger partial charge in [0.05, 0.1) is 24.8 Å². The molecular weight excluding hydrogens is 368 g/mol. The number of nitrogens with zero attached hydrogens (tertiary/aromatic N) is 1. The summed E-state index contributed by atoms with van der Waals surface area (Å²) in [7, 11) is 0. The van der Waals surface area contributed by atoms with Crippen LogP contribution in [0.3, 0.4) is 0 Å². The van der Waals surface area contributed by atoms with Gasteiger partial charge in [-0.3, -0.25) is 9.78 Å². The topological polar surface area (TPSA) is 88.5 Å². The molecule has 0 aliphatic heterocycles. The zero-order valence-corrected chi connectivity index (χ0v) is 16.0. The van der Waals surface area contributed by atoms with Crippen molar-refractivity contribution < 1.29 is 19.4 Å². The lowest BCUT2D eigenvalue weighted by Gasteiger charge is -2.17. The number of hydrogen-bond donors (Lipinski definition) is 2. The van der Waals surface area contributed by atoms with Gasteiger partial charge in [-0.25, -0.2) is 4.79 Å². The fourth-order valence-corrected chi connectivity index (χ4v) is 2.93. The van der Waals surface area contributed by atoms with Crippen LogP contribution in [-0.2, 0) is 4.74 Å². The third-order valence-electron chi connectivity index (χ3n) is 4.45. The smallest absolute Gasteiger partial charge is 0.338 e. The van der Waals surface area contributed by atoms with Crippen LogP contribution in [0.1, 0.15) is 39.2 Å². The molecule has 1 atom stereocenters. The molecule has 3 rings (SSSR count). The van der Waals surface area contributed by atoms with Gasteiger partial charge < -0.3 is 15.2 Å². The number of hydrogen-bond acceptors (Lipinski definition) is 5. The van der Waals surface area contributed by atoms with Crippen LogP contribution in [0, 0.1) is 0 Å². The predicted octanol–water partition coefficient (Wildman–Crippen LogP) is 3.39. The molecule has 6 heteroatoms. The first-order chi connectivity index (χ1) is 14.1. The molecule has 0 unspecified atom stereocenters. The van der Waals surface area contributed by atoms with Crippen molar-refractivity contribution >= 4 is 11.9 Å². The highest BCUT2D eigenvalue weighted by atomic mass is 16.5. The summed E-state index contributed by atoms with van der Waals surface area (Å²) in [5, 5.41) is 12.6. The molecule has 0 aliphatic rings. The number of aliphatic hydroxyl groups is 1. The second kappa shape index (κ2) is 9.61. The lowest BCUT2D eigenvalue weighted by molar-refractivity contribution is 0.0526. The van der Waals surface area contributed by atoms with Crippen LogP contribution in [0.2, 0.25) is 0 Å². The second-order valence-corrected chi connectivity index (χ2v) is 6.37. The third-order valence-corrected chi connectivity index (χ3v) is 4.45. The fraction of sp³-hybridized carbons (Fsp3) is 0.174. The highest BCUT2D eigenvalue weighted by Crippen LogP contribution is 2.20. The summed E-state index contributed by atoms with van der Waals surface area (Å²) in [6.45, 7) is 1.71. The van der Waals surface area contributed by atoms with E-state index in [4.69, 9.17) is 4.74 Å². The van der Waals surface area contributed by atoms with Gasteiger partial charge in [-0.1, -0.05) is 24.3 Å². The molecule has 1 heterocycles. The van der Waals surface area contributed by atoms with Gasteiger partial charge in [0.2, 0.25) is 0 Å². The summed E-state index contributed by atoms with van der Waals surface area (Å²) < 4.78 is 5.00. The van der Waals surface area contributed by atoms with E-state index in [1.54, 1.807) is 55.7 Å². The Labute approximate surface area is 169 Å². The number of aliphatic hydroxyl groups excluding tert-OH is 1. The summed E-state index contributed by atoms with van der Waals surface area (Å²) in [6.07, 6.45) is 3.43. The van der Waals surface area contributed by atoms with Gasteiger partial charge in [-0.15, -0.1) is 0 Å². The average Bonchev–Trinajstić information content (AvgIpc) is 2.78. The molecule has 0 radical (unpaired) electrons. The number of benzene rings is 2. The van der Waals surface area contributed by atoms with Crippen molar-refractivity contribution in [2.75, 3.05) is 13.2 Å². The van der Waals surface area contributed by atoms with Gasteiger partial charge in [-0.2, -0.15) is 0 Å². The zero-order valence-electron chi connectivity index (χ0n) is 16.0. The van der Waals surface area contributed by atoms with Crippen molar-refractivity contribution in [3.8, 4) is 11.1 Å². The van der Waals surface area contributed by atoms with Crippen molar-refractivity contribution in [3.05, 3.63) is 89.7 Å². The number of pyridine rings is 1. The van der Waals surface area contributed by atoms with E-state index in [1.165, 1.54) is 0 Å². The first-order valence-corrected chi connectivity index (χ1v) is 9.31. The minimum Gasteiger partial charge on any atom is -0.462 e. The molecule has 0 bridgehead atoms. The van der Waals surface area contributed by atoms with Gasteiger partial charge in [0.15, 0.2) is 0 Å². The van der Waals surface area contributed by atoms with Gasteiger partial charge in [-0.05, 0) is 60.0 Å². The third kappa shape index (κ3) is 5.06. The molecule has 29 heavy (non-hydrogen) atoms. The van der Waals surface area contributed by atoms with Crippen LogP contribution in [-0.4, -0.2) is 35.2 Å². The van der Waals surface area contributed by atoms with Crippen LogP contribution in [0.4, 0.5) is 0 Å². The Hall–Kier alpha value is -3.51. The predicted molar refractivity (Wildman–Crippen MR) is 109 cm³/mol. The van der Waals surface area contributed by atoms with E-state index >= 15 is 0 Å². The van der Waals surface area contributed by atoms with Crippen molar-refractivity contribution in [3.63, 3.8) is 0 Å². The van der Waals surface area contributed by atoms with Crippen molar-refractivity contribution in [2.45, 2.75) is 13.0 Å². The minimum absolute atomic E-state index is 0.277. The van der Waals surface area contributed by atoms with E-state index in [0.29, 0.717) is 16.7 Å². The van der Waals surface area contributed by atoms with E-state index < -0.39 is 12.0 Å². The van der Waals surface area contributed by atoms with Gasteiger partial charge in [0.1, 0.15) is 0 Å².